The lowest BCUT2D eigenvalue weighted by molar-refractivity contribution is 0.257. The second-order valence-corrected chi connectivity index (χ2v) is 3.67. The number of likely N-dealkylation sites (N-methyl/N-ethyl adjacent to an activating group) is 1. The number of hydrogen-bond acceptors (Lipinski definition) is 4. The minimum absolute atomic E-state index is 0.511. The number of aromatic nitrogens is 4. The Morgan fingerprint density at radius 2 is 2.31 bits per heavy atom. The first kappa shape index (κ1) is 10.3. The number of nitrogens with one attached hydrogen (secondary N) is 1. The Morgan fingerprint density at radius 1 is 1.62 bits per heavy atom. The number of tetrazole rings is 1. The standard InChI is InChI=1S/C7H15N5S/c1-6(2)11(3)4-5-12-7(13)8-9-10-12/h6H,4-5H2,1-3H3,(H,8,10,13). The highest BCUT2D eigenvalue weighted by Crippen LogP contribution is 1.93. The zero-order chi connectivity index (χ0) is 9.84. The van der Waals surface area contributed by atoms with Gasteiger partial charge in [-0.25, -0.2) is 4.68 Å². The third-order valence-electron chi connectivity index (χ3n) is 2.09. The molecule has 0 atom stereocenters. The molecule has 0 aliphatic carbocycles. The first-order valence-corrected chi connectivity index (χ1v) is 4.70. The van der Waals surface area contributed by atoms with Crippen molar-refractivity contribution < 1.29 is 0 Å². The van der Waals surface area contributed by atoms with E-state index in [1.54, 1.807) is 4.68 Å². The van der Waals surface area contributed by atoms with Crippen molar-refractivity contribution in [2.75, 3.05) is 13.6 Å². The Balaban J connectivity index is 2.44. The molecule has 0 amide bonds. The van der Waals surface area contributed by atoms with Gasteiger partial charge in [-0.15, -0.1) is 0 Å². The number of aromatic amines is 1. The Kier molecular flexibility index (Phi) is 3.56. The maximum absolute atomic E-state index is 4.94. The van der Waals surface area contributed by atoms with Crippen LogP contribution in [0.2, 0.25) is 0 Å². The first-order chi connectivity index (χ1) is 6.11. The summed E-state index contributed by atoms with van der Waals surface area (Å²) in [7, 11) is 2.08. The van der Waals surface area contributed by atoms with E-state index in [1.165, 1.54) is 0 Å². The second-order valence-electron chi connectivity index (χ2n) is 3.31. The molecule has 5 nitrogen and oxygen atoms in total. The lowest BCUT2D eigenvalue weighted by Gasteiger charge is -2.20. The largest absolute Gasteiger partial charge is 0.302 e. The molecule has 74 valence electrons. The Hall–Kier alpha value is -0.750. The van der Waals surface area contributed by atoms with Crippen molar-refractivity contribution in [2.24, 2.45) is 0 Å². The topological polar surface area (TPSA) is 49.7 Å². The van der Waals surface area contributed by atoms with Gasteiger partial charge in [0.1, 0.15) is 0 Å². The van der Waals surface area contributed by atoms with Crippen molar-refractivity contribution in [1.82, 2.24) is 25.1 Å². The van der Waals surface area contributed by atoms with E-state index in [1.807, 2.05) is 0 Å². The van der Waals surface area contributed by atoms with E-state index in [9.17, 15) is 0 Å². The quantitative estimate of drug-likeness (QED) is 0.728. The molecule has 0 spiro atoms. The van der Waals surface area contributed by atoms with Crippen molar-refractivity contribution in [2.45, 2.75) is 26.4 Å². The average molecular weight is 201 g/mol. The van der Waals surface area contributed by atoms with E-state index >= 15 is 0 Å². The zero-order valence-corrected chi connectivity index (χ0v) is 9.01. The van der Waals surface area contributed by atoms with Crippen LogP contribution >= 0.6 is 12.2 Å². The summed E-state index contributed by atoms with van der Waals surface area (Å²) >= 11 is 4.94. The van der Waals surface area contributed by atoms with Gasteiger partial charge in [0.25, 0.3) is 0 Å². The van der Waals surface area contributed by atoms with Gasteiger partial charge in [-0.3, -0.25) is 0 Å². The summed E-state index contributed by atoms with van der Waals surface area (Å²) in [6, 6.07) is 0.546. The molecule has 0 radical (unpaired) electrons. The van der Waals surface area contributed by atoms with Gasteiger partial charge in [-0.2, -0.15) is 5.21 Å². The predicted octanol–water partition coefficient (Wildman–Crippen LogP) is 0.676. The summed E-state index contributed by atoms with van der Waals surface area (Å²) < 4.78 is 2.27. The maximum atomic E-state index is 4.94. The van der Waals surface area contributed by atoms with E-state index in [4.69, 9.17) is 12.2 Å². The van der Waals surface area contributed by atoms with E-state index in [0.717, 1.165) is 13.1 Å². The van der Waals surface area contributed by atoms with Gasteiger partial charge < -0.3 is 4.90 Å². The molecule has 0 saturated heterocycles. The summed E-state index contributed by atoms with van der Waals surface area (Å²) in [5.41, 5.74) is 0. The van der Waals surface area contributed by atoms with Crippen LogP contribution in [0.3, 0.4) is 0 Å². The fourth-order valence-electron chi connectivity index (χ4n) is 0.877. The van der Waals surface area contributed by atoms with Crippen LogP contribution in [0.1, 0.15) is 13.8 Å². The molecule has 1 aromatic rings. The SMILES string of the molecule is CC(C)N(C)CCn1[nH]nnc1=S. The molecular formula is C7H15N5S. The van der Waals surface area contributed by atoms with Crippen LogP contribution in [-0.4, -0.2) is 44.7 Å². The van der Waals surface area contributed by atoms with Crippen molar-refractivity contribution in [3.05, 3.63) is 4.77 Å². The van der Waals surface area contributed by atoms with Crippen LogP contribution < -0.4 is 0 Å². The molecule has 1 rings (SSSR count). The smallest absolute Gasteiger partial charge is 0.238 e. The first-order valence-electron chi connectivity index (χ1n) is 4.29. The van der Waals surface area contributed by atoms with Crippen LogP contribution in [-0.2, 0) is 6.54 Å². The molecule has 1 heterocycles. The molecule has 0 fully saturated rings. The van der Waals surface area contributed by atoms with Gasteiger partial charge in [0.2, 0.25) is 4.77 Å². The van der Waals surface area contributed by atoms with Crippen molar-refractivity contribution in [1.29, 1.82) is 0 Å². The second kappa shape index (κ2) is 4.48. The van der Waals surface area contributed by atoms with E-state index in [-0.39, 0.29) is 0 Å². The Morgan fingerprint density at radius 3 is 2.77 bits per heavy atom. The summed E-state index contributed by atoms with van der Waals surface area (Å²) in [6.07, 6.45) is 0. The molecule has 0 unspecified atom stereocenters. The maximum Gasteiger partial charge on any atom is 0.238 e. The molecule has 6 heteroatoms. The predicted molar refractivity (Wildman–Crippen MR) is 53.0 cm³/mol. The molecular weight excluding hydrogens is 186 g/mol. The van der Waals surface area contributed by atoms with Gasteiger partial charge in [-0.05, 0) is 33.1 Å². The normalized spacial score (nSPS) is 11.5. The van der Waals surface area contributed by atoms with E-state index < -0.39 is 0 Å². The Bertz CT molecular complexity index is 302. The highest BCUT2D eigenvalue weighted by Gasteiger charge is 2.03. The third-order valence-corrected chi connectivity index (χ3v) is 2.39. The fraction of sp³-hybridized carbons (Fsp3) is 0.857. The number of hydrogen-bond donors (Lipinski definition) is 1. The van der Waals surface area contributed by atoms with Crippen molar-refractivity contribution in [3.63, 3.8) is 0 Å². The third kappa shape index (κ3) is 2.89. The van der Waals surface area contributed by atoms with Crippen LogP contribution in [0.25, 0.3) is 0 Å². The van der Waals surface area contributed by atoms with Crippen molar-refractivity contribution in [3.8, 4) is 0 Å². The van der Waals surface area contributed by atoms with Gasteiger partial charge in [0.05, 0.1) is 6.54 Å². The van der Waals surface area contributed by atoms with Gasteiger partial charge in [-0.1, -0.05) is 10.3 Å². The number of rotatable bonds is 4. The van der Waals surface area contributed by atoms with Gasteiger partial charge >= 0.3 is 0 Å². The minimum atomic E-state index is 0.511. The Labute approximate surface area is 82.7 Å². The molecule has 0 saturated carbocycles. The van der Waals surface area contributed by atoms with Crippen LogP contribution in [0.4, 0.5) is 0 Å². The molecule has 1 aromatic heterocycles. The van der Waals surface area contributed by atoms with Crippen LogP contribution in [0.5, 0.6) is 0 Å². The monoisotopic (exact) mass is 201 g/mol. The summed E-state index contributed by atoms with van der Waals surface area (Å²) in [4.78, 5) is 2.24. The zero-order valence-electron chi connectivity index (χ0n) is 8.19. The summed E-state index contributed by atoms with van der Waals surface area (Å²) in [5.74, 6) is 0. The van der Waals surface area contributed by atoms with Crippen molar-refractivity contribution >= 4 is 12.2 Å². The van der Waals surface area contributed by atoms with E-state index in [2.05, 4.69) is 41.3 Å². The number of H-pyrrole nitrogens is 1. The summed E-state index contributed by atoms with van der Waals surface area (Å²) in [5, 5.41) is 10.0. The summed E-state index contributed by atoms with van der Waals surface area (Å²) in [6.45, 7) is 6.06. The molecule has 1 N–H and O–H groups in total. The molecule has 0 aliphatic rings. The lowest BCUT2D eigenvalue weighted by atomic mass is 10.3. The minimum Gasteiger partial charge on any atom is -0.302 e. The lowest BCUT2D eigenvalue weighted by Crippen LogP contribution is -2.30. The van der Waals surface area contributed by atoms with Gasteiger partial charge in [0, 0.05) is 12.6 Å². The average Bonchev–Trinajstić information content (AvgIpc) is 2.47. The fourth-order valence-corrected chi connectivity index (χ4v) is 1.05. The van der Waals surface area contributed by atoms with E-state index in [0.29, 0.717) is 10.8 Å². The molecule has 0 bridgehead atoms. The number of nitrogens with zero attached hydrogens (tertiary/aromatic N) is 4. The van der Waals surface area contributed by atoms with Crippen LogP contribution in [0.15, 0.2) is 0 Å². The highest BCUT2D eigenvalue weighted by atomic mass is 32.1. The van der Waals surface area contributed by atoms with Gasteiger partial charge in [0.15, 0.2) is 0 Å². The molecule has 13 heavy (non-hydrogen) atoms. The highest BCUT2D eigenvalue weighted by molar-refractivity contribution is 7.71. The van der Waals surface area contributed by atoms with Crippen LogP contribution in [0, 0.1) is 4.77 Å². The molecule has 0 aliphatic heterocycles. The molecule has 0 aromatic carbocycles.